The van der Waals surface area contributed by atoms with Crippen molar-refractivity contribution in [3.63, 3.8) is 0 Å². The molecule has 4 rings (SSSR count). The molecule has 0 bridgehead atoms. The Kier molecular flexibility index (Phi) is 5.40. The van der Waals surface area contributed by atoms with Crippen LogP contribution >= 0.6 is 11.6 Å². The maximum atomic E-state index is 12.7. The van der Waals surface area contributed by atoms with Gasteiger partial charge in [0.1, 0.15) is 11.4 Å². The number of aromatic nitrogens is 2. The molecule has 0 radical (unpaired) electrons. The van der Waals surface area contributed by atoms with E-state index in [-0.39, 0.29) is 5.75 Å². The fourth-order valence-electron chi connectivity index (χ4n) is 3.17. The Morgan fingerprint density at radius 3 is 2.60 bits per heavy atom. The molecule has 0 aliphatic carbocycles. The van der Waals surface area contributed by atoms with Crippen LogP contribution in [0, 0.1) is 6.92 Å². The molecule has 2 aromatic heterocycles. The number of anilines is 1. The Bertz CT molecular complexity index is 1320. The minimum atomic E-state index is -3.66. The number of methoxy groups -OCH3 is 1. The van der Waals surface area contributed by atoms with E-state index in [1.165, 1.54) is 7.11 Å². The topological polar surface area (TPSA) is 72.7 Å². The molecule has 1 N–H and O–H groups in total. The SMILES string of the molecule is COc1ccc(-c2cn3ccc(C)cc3n2)cc1NS(=O)(=O)Cc1ccc(Cl)cc1. The molecule has 30 heavy (non-hydrogen) atoms. The number of fused-ring (bicyclic) bond motifs is 1. The van der Waals surface area contributed by atoms with Crippen LogP contribution in [0.5, 0.6) is 5.75 Å². The molecule has 0 amide bonds. The minimum Gasteiger partial charge on any atom is -0.495 e. The Hall–Kier alpha value is -3.03. The zero-order chi connectivity index (χ0) is 21.3. The van der Waals surface area contributed by atoms with Crippen molar-refractivity contribution in [2.75, 3.05) is 11.8 Å². The number of benzene rings is 2. The van der Waals surface area contributed by atoms with E-state index in [0.29, 0.717) is 22.0 Å². The van der Waals surface area contributed by atoms with Crippen molar-refractivity contribution < 1.29 is 13.2 Å². The van der Waals surface area contributed by atoms with Crippen LogP contribution in [0.15, 0.2) is 67.0 Å². The standard InChI is InChI=1S/C22H20ClN3O3S/c1-15-9-10-26-13-20(24-22(26)11-15)17-5-8-21(29-2)19(12-17)25-30(27,28)14-16-3-6-18(23)7-4-16/h3-13,25H,14H2,1-2H3. The van der Waals surface area contributed by atoms with Gasteiger partial charge >= 0.3 is 0 Å². The number of nitrogens with zero attached hydrogens (tertiary/aromatic N) is 2. The molecule has 0 aliphatic heterocycles. The van der Waals surface area contributed by atoms with E-state index in [2.05, 4.69) is 9.71 Å². The number of hydrogen-bond donors (Lipinski definition) is 1. The smallest absolute Gasteiger partial charge is 0.237 e. The van der Waals surface area contributed by atoms with Crippen molar-refractivity contribution in [2.45, 2.75) is 12.7 Å². The molecule has 4 aromatic rings. The number of rotatable bonds is 6. The second-order valence-corrected chi connectivity index (χ2v) is 9.16. The van der Waals surface area contributed by atoms with Crippen molar-refractivity contribution in [2.24, 2.45) is 0 Å². The van der Waals surface area contributed by atoms with Crippen LogP contribution in [0.25, 0.3) is 16.9 Å². The second-order valence-electron chi connectivity index (χ2n) is 7.00. The summed E-state index contributed by atoms with van der Waals surface area (Å²) in [6.45, 7) is 2.01. The van der Waals surface area contributed by atoms with Gasteiger partial charge in [-0.2, -0.15) is 0 Å². The molecule has 8 heteroatoms. The number of ether oxygens (including phenoxy) is 1. The van der Waals surface area contributed by atoms with Gasteiger partial charge in [0, 0.05) is 23.0 Å². The number of sulfonamides is 1. The van der Waals surface area contributed by atoms with Gasteiger partial charge in [0.15, 0.2) is 0 Å². The summed E-state index contributed by atoms with van der Waals surface area (Å²) in [5.74, 6) is 0.253. The number of aryl methyl sites for hydroxylation is 1. The molecule has 0 saturated carbocycles. The van der Waals surface area contributed by atoms with E-state index >= 15 is 0 Å². The lowest BCUT2D eigenvalue weighted by atomic mass is 10.1. The maximum absolute atomic E-state index is 12.7. The quantitative estimate of drug-likeness (QED) is 0.461. The predicted molar refractivity (Wildman–Crippen MR) is 120 cm³/mol. The summed E-state index contributed by atoms with van der Waals surface area (Å²) in [7, 11) is -2.16. The molecule has 154 valence electrons. The molecule has 2 aromatic carbocycles. The highest BCUT2D eigenvalue weighted by Crippen LogP contribution is 2.31. The lowest BCUT2D eigenvalue weighted by molar-refractivity contribution is 0.417. The highest BCUT2D eigenvalue weighted by molar-refractivity contribution is 7.91. The van der Waals surface area contributed by atoms with E-state index in [1.54, 1.807) is 36.4 Å². The number of nitrogens with one attached hydrogen (secondary N) is 1. The largest absolute Gasteiger partial charge is 0.495 e. The van der Waals surface area contributed by atoms with E-state index < -0.39 is 10.0 Å². The van der Waals surface area contributed by atoms with E-state index in [9.17, 15) is 8.42 Å². The van der Waals surface area contributed by atoms with Crippen LogP contribution in [-0.4, -0.2) is 24.9 Å². The summed E-state index contributed by atoms with van der Waals surface area (Å²) in [4.78, 5) is 4.65. The van der Waals surface area contributed by atoms with Crippen LogP contribution in [0.2, 0.25) is 5.02 Å². The molecule has 0 aliphatic rings. The zero-order valence-electron chi connectivity index (χ0n) is 16.5. The third kappa shape index (κ3) is 4.42. The van der Waals surface area contributed by atoms with Crippen LogP contribution in [0.3, 0.4) is 0 Å². The number of pyridine rings is 1. The van der Waals surface area contributed by atoms with E-state index in [1.807, 2.05) is 41.9 Å². The van der Waals surface area contributed by atoms with Gasteiger partial charge in [0.2, 0.25) is 10.0 Å². The fourth-order valence-corrected chi connectivity index (χ4v) is 4.50. The summed E-state index contributed by atoms with van der Waals surface area (Å²) < 4.78 is 35.4. The normalized spacial score (nSPS) is 11.6. The average Bonchev–Trinajstić information content (AvgIpc) is 3.12. The van der Waals surface area contributed by atoms with Crippen LogP contribution in [0.1, 0.15) is 11.1 Å². The van der Waals surface area contributed by atoms with Crippen molar-refractivity contribution in [3.05, 3.63) is 83.1 Å². The molecule has 0 saturated heterocycles. The molecule has 2 heterocycles. The lowest BCUT2D eigenvalue weighted by Gasteiger charge is -2.13. The predicted octanol–water partition coefficient (Wildman–Crippen LogP) is 4.91. The molecular weight excluding hydrogens is 422 g/mol. The van der Waals surface area contributed by atoms with Crippen molar-refractivity contribution in [1.29, 1.82) is 0 Å². The van der Waals surface area contributed by atoms with Gasteiger partial charge in [0.25, 0.3) is 0 Å². The summed E-state index contributed by atoms with van der Waals surface area (Å²) in [6.07, 6.45) is 3.85. The first-order valence-corrected chi connectivity index (χ1v) is 11.2. The summed E-state index contributed by atoms with van der Waals surface area (Å²) in [5.41, 5.74) is 4.45. The van der Waals surface area contributed by atoms with Gasteiger partial charge in [-0.05, 0) is 60.5 Å². The summed E-state index contributed by atoms with van der Waals surface area (Å²) in [5, 5.41) is 0.557. The summed E-state index contributed by atoms with van der Waals surface area (Å²) in [6, 6.07) is 16.0. The van der Waals surface area contributed by atoms with Gasteiger partial charge in [-0.25, -0.2) is 13.4 Å². The third-order valence-corrected chi connectivity index (χ3v) is 6.14. The van der Waals surface area contributed by atoms with Crippen LogP contribution < -0.4 is 9.46 Å². The monoisotopic (exact) mass is 441 g/mol. The molecule has 0 fully saturated rings. The van der Waals surface area contributed by atoms with Crippen molar-refractivity contribution in [1.82, 2.24) is 9.38 Å². The molecule has 6 nitrogen and oxygen atoms in total. The Morgan fingerprint density at radius 2 is 1.87 bits per heavy atom. The van der Waals surface area contributed by atoms with Crippen molar-refractivity contribution in [3.8, 4) is 17.0 Å². The molecule has 0 unspecified atom stereocenters. The Balaban J connectivity index is 1.65. The zero-order valence-corrected chi connectivity index (χ0v) is 18.0. The van der Waals surface area contributed by atoms with Crippen LogP contribution in [-0.2, 0) is 15.8 Å². The highest BCUT2D eigenvalue weighted by Gasteiger charge is 2.16. The van der Waals surface area contributed by atoms with Gasteiger partial charge in [-0.1, -0.05) is 23.7 Å². The first kappa shape index (κ1) is 20.3. The Morgan fingerprint density at radius 1 is 1.10 bits per heavy atom. The number of hydrogen-bond acceptors (Lipinski definition) is 4. The number of halogens is 1. The minimum absolute atomic E-state index is 0.175. The second kappa shape index (κ2) is 8.01. The molecule has 0 spiro atoms. The molecule has 0 atom stereocenters. The number of imidazole rings is 1. The fraction of sp³-hybridized carbons (Fsp3) is 0.136. The molecular formula is C22H20ClN3O3S. The lowest BCUT2D eigenvalue weighted by Crippen LogP contribution is -2.15. The van der Waals surface area contributed by atoms with Gasteiger partial charge in [0.05, 0.1) is 24.2 Å². The van der Waals surface area contributed by atoms with E-state index in [4.69, 9.17) is 16.3 Å². The van der Waals surface area contributed by atoms with Gasteiger partial charge in [-0.15, -0.1) is 0 Å². The first-order chi connectivity index (χ1) is 14.3. The van der Waals surface area contributed by atoms with Crippen molar-refractivity contribution >= 4 is 33.0 Å². The highest BCUT2D eigenvalue weighted by atomic mass is 35.5. The summed E-state index contributed by atoms with van der Waals surface area (Å²) >= 11 is 5.88. The van der Waals surface area contributed by atoms with Gasteiger partial charge < -0.3 is 9.14 Å². The first-order valence-electron chi connectivity index (χ1n) is 9.22. The third-order valence-electron chi connectivity index (χ3n) is 4.65. The average molecular weight is 442 g/mol. The van der Waals surface area contributed by atoms with Crippen LogP contribution in [0.4, 0.5) is 5.69 Å². The Labute approximate surface area is 180 Å². The van der Waals surface area contributed by atoms with E-state index in [0.717, 1.165) is 22.5 Å². The maximum Gasteiger partial charge on any atom is 0.237 e. The van der Waals surface area contributed by atoms with Gasteiger partial charge in [-0.3, -0.25) is 4.72 Å².